The average Bonchev–Trinajstić information content (AvgIpc) is 2.08. The molecule has 6 heteroatoms. The summed E-state index contributed by atoms with van der Waals surface area (Å²) in [5.74, 6) is -3.08. The molecule has 0 radical (unpaired) electrons. The first-order valence-corrected chi connectivity index (χ1v) is 3.93. The van der Waals surface area contributed by atoms with Gasteiger partial charge in [0.15, 0.2) is 11.6 Å². The maximum Gasteiger partial charge on any atom is 0.305 e. The zero-order valence-electron chi connectivity index (χ0n) is 7.61. The van der Waals surface area contributed by atoms with Crippen LogP contribution in [0.25, 0.3) is 0 Å². The predicted octanol–water partition coefficient (Wildman–Crippen LogP) is 1.86. The largest absolute Gasteiger partial charge is 0.481 e. The standard InChI is InChI=1S/C9H9F2NO2.ClH/c10-6-2-1-5(3-7(6)11)8(12)4-9(13)14;/h1-3,8H,4,12H2,(H,13,14);1H. The van der Waals surface area contributed by atoms with Gasteiger partial charge in [-0.1, -0.05) is 6.07 Å². The molecule has 0 aromatic heterocycles. The summed E-state index contributed by atoms with van der Waals surface area (Å²) < 4.78 is 25.2. The Morgan fingerprint density at radius 2 is 2.00 bits per heavy atom. The average molecular weight is 238 g/mol. The molecule has 0 aliphatic carbocycles. The molecule has 0 amide bonds. The van der Waals surface area contributed by atoms with E-state index in [4.69, 9.17) is 10.8 Å². The Balaban J connectivity index is 0.00000196. The van der Waals surface area contributed by atoms with Gasteiger partial charge in [-0.15, -0.1) is 12.4 Å². The van der Waals surface area contributed by atoms with E-state index in [-0.39, 0.29) is 24.4 Å². The van der Waals surface area contributed by atoms with Gasteiger partial charge in [-0.3, -0.25) is 4.79 Å². The van der Waals surface area contributed by atoms with Crippen molar-refractivity contribution in [3.63, 3.8) is 0 Å². The second-order valence-electron chi connectivity index (χ2n) is 2.88. The maximum atomic E-state index is 12.7. The second-order valence-corrected chi connectivity index (χ2v) is 2.88. The van der Waals surface area contributed by atoms with Crippen LogP contribution in [0.2, 0.25) is 0 Å². The first-order chi connectivity index (χ1) is 6.50. The summed E-state index contributed by atoms with van der Waals surface area (Å²) in [6.45, 7) is 0. The van der Waals surface area contributed by atoms with Crippen LogP contribution in [0.15, 0.2) is 18.2 Å². The van der Waals surface area contributed by atoms with Crippen LogP contribution in [0.5, 0.6) is 0 Å². The third-order valence-electron chi connectivity index (χ3n) is 1.77. The van der Waals surface area contributed by atoms with Crippen LogP contribution in [0, 0.1) is 11.6 Å². The lowest BCUT2D eigenvalue weighted by molar-refractivity contribution is -0.137. The van der Waals surface area contributed by atoms with Gasteiger partial charge in [-0.05, 0) is 17.7 Å². The Kier molecular flexibility index (Phi) is 5.18. The lowest BCUT2D eigenvalue weighted by Crippen LogP contribution is -2.15. The van der Waals surface area contributed by atoms with E-state index in [0.717, 1.165) is 12.1 Å². The minimum atomic E-state index is -1.08. The fourth-order valence-corrected chi connectivity index (χ4v) is 1.05. The summed E-state index contributed by atoms with van der Waals surface area (Å²) in [6, 6.07) is 2.28. The summed E-state index contributed by atoms with van der Waals surface area (Å²) in [5.41, 5.74) is 5.71. The van der Waals surface area contributed by atoms with E-state index in [9.17, 15) is 13.6 Å². The molecule has 84 valence electrons. The SMILES string of the molecule is Cl.NC(CC(=O)O)c1ccc(F)c(F)c1. The fraction of sp³-hybridized carbons (Fsp3) is 0.222. The fourth-order valence-electron chi connectivity index (χ4n) is 1.05. The van der Waals surface area contributed by atoms with Crippen LogP contribution in [-0.2, 0) is 4.79 Å². The number of carbonyl (C=O) groups is 1. The van der Waals surface area contributed by atoms with E-state index < -0.39 is 23.6 Å². The number of carboxylic acid groups (broad SMARTS) is 1. The van der Waals surface area contributed by atoms with Crippen molar-refractivity contribution in [2.45, 2.75) is 12.5 Å². The number of carboxylic acids is 1. The Hall–Kier alpha value is -1.20. The van der Waals surface area contributed by atoms with Crippen molar-refractivity contribution in [2.24, 2.45) is 5.73 Å². The first kappa shape index (κ1) is 13.8. The van der Waals surface area contributed by atoms with Crippen molar-refractivity contribution in [1.29, 1.82) is 0 Å². The normalized spacial score (nSPS) is 11.7. The van der Waals surface area contributed by atoms with Gasteiger partial charge in [0, 0.05) is 6.04 Å². The van der Waals surface area contributed by atoms with Gasteiger partial charge in [-0.25, -0.2) is 8.78 Å². The number of hydrogen-bond acceptors (Lipinski definition) is 2. The number of rotatable bonds is 3. The van der Waals surface area contributed by atoms with Crippen molar-refractivity contribution < 1.29 is 18.7 Å². The van der Waals surface area contributed by atoms with E-state index in [1.54, 1.807) is 0 Å². The minimum absolute atomic E-state index is 0. The maximum absolute atomic E-state index is 12.7. The molecule has 0 aliphatic rings. The zero-order chi connectivity index (χ0) is 10.7. The van der Waals surface area contributed by atoms with E-state index in [0.29, 0.717) is 0 Å². The molecule has 1 atom stereocenters. The summed E-state index contributed by atoms with van der Waals surface area (Å²) >= 11 is 0. The highest BCUT2D eigenvalue weighted by Gasteiger charge is 2.12. The van der Waals surface area contributed by atoms with Crippen LogP contribution in [-0.4, -0.2) is 11.1 Å². The molecule has 0 spiro atoms. The van der Waals surface area contributed by atoms with Gasteiger partial charge < -0.3 is 10.8 Å². The molecule has 1 aromatic carbocycles. The molecule has 1 aromatic rings. The number of nitrogens with two attached hydrogens (primary N) is 1. The number of aliphatic carboxylic acids is 1. The van der Waals surface area contributed by atoms with Gasteiger partial charge in [-0.2, -0.15) is 0 Å². The highest BCUT2D eigenvalue weighted by atomic mass is 35.5. The number of hydrogen-bond donors (Lipinski definition) is 2. The van der Waals surface area contributed by atoms with Gasteiger partial charge in [0.05, 0.1) is 6.42 Å². The van der Waals surface area contributed by atoms with Crippen molar-refractivity contribution in [3.05, 3.63) is 35.4 Å². The van der Waals surface area contributed by atoms with Crippen molar-refractivity contribution in [2.75, 3.05) is 0 Å². The van der Waals surface area contributed by atoms with E-state index in [1.807, 2.05) is 0 Å². The predicted molar refractivity (Wildman–Crippen MR) is 52.8 cm³/mol. The lowest BCUT2D eigenvalue weighted by atomic mass is 10.0. The molecular weight excluding hydrogens is 228 g/mol. The molecule has 3 N–H and O–H groups in total. The van der Waals surface area contributed by atoms with E-state index in [2.05, 4.69) is 0 Å². The third kappa shape index (κ3) is 3.81. The summed E-state index contributed by atoms with van der Waals surface area (Å²) in [6.07, 6.45) is -0.314. The number of halogens is 3. The highest BCUT2D eigenvalue weighted by molar-refractivity contribution is 5.85. The Bertz CT molecular complexity index is 360. The molecule has 0 aliphatic heterocycles. The van der Waals surface area contributed by atoms with Crippen LogP contribution in [0.3, 0.4) is 0 Å². The summed E-state index contributed by atoms with van der Waals surface area (Å²) in [4.78, 5) is 10.3. The van der Waals surface area contributed by atoms with Crippen LogP contribution >= 0.6 is 12.4 Å². The zero-order valence-corrected chi connectivity index (χ0v) is 8.43. The lowest BCUT2D eigenvalue weighted by Gasteiger charge is -2.08. The third-order valence-corrected chi connectivity index (χ3v) is 1.77. The minimum Gasteiger partial charge on any atom is -0.481 e. The van der Waals surface area contributed by atoms with Gasteiger partial charge in [0.2, 0.25) is 0 Å². The van der Waals surface area contributed by atoms with Crippen LogP contribution in [0.1, 0.15) is 18.0 Å². The molecule has 15 heavy (non-hydrogen) atoms. The van der Waals surface area contributed by atoms with Crippen LogP contribution in [0.4, 0.5) is 8.78 Å². The van der Waals surface area contributed by atoms with Crippen molar-refractivity contribution in [1.82, 2.24) is 0 Å². The molecule has 0 saturated heterocycles. The molecule has 3 nitrogen and oxygen atoms in total. The summed E-state index contributed by atoms with van der Waals surface area (Å²) in [7, 11) is 0. The monoisotopic (exact) mass is 237 g/mol. The van der Waals surface area contributed by atoms with E-state index >= 15 is 0 Å². The summed E-state index contributed by atoms with van der Waals surface area (Å²) in [5, 5.41) is 8.42. The first-order valence-electron chi connectivity index (χ1n) is 3.93. The van der Waals surface area contributed by atoms with Crippen LogP contribution < -0.4 is 5.73 Å². The molecule has 0 bridgehead atoms. The topological polar surface area (TPSA) is 63.3 Å². The quantitative estimate of drug-likeness (QED) is 0.844. The second kappa shape index (κ2) is 5.63. The highest BCUT2D eigenvalue weighted by Crippen LogP contribution is 2.16. The number of benzene rings is 1. The van der Waals surface area contributed by atoms with Crippen molar-refractivity contribution >= 4 is 18.4 Å². The Morgan fingerprint density at radius 3 is 2.47 bits per heavy atom. The molecule has 0 fully saturated rings. The molecule has 1 unspecified atom stereocenters. The molecule has 1 rings (SSSR count). The van der Waals surface area contributed by atoms with Gasteiger partial charge in [0.1, 0.15) is 0 Å². The Labute approximate surface area is 91.3 Å². The van der Waals surface area contributed by atoms with E-state index in [1.165, 1.54) is 6.07 Å². The van der Waals surface area contributed by atoms with Gasteiger partial charge in [0.25, 0.3) is 0 Å². The molecular formula is C9H10ClF2NO2. The van der Waals surface area contributed by atoms with Gasteiger partial charge >= 0.3 is 5.97 Å². The molecule has 0 saturated carbocycles. The Morgan fingerprint density at radius 1 is 1.40 bits per heavy atom. The molecule has 0 heterocycles. The smallest absolute Gasteiger partial charge is 0.305 e. The van der Waals surface area contributed by atoms with Crippen molar-refractivity contribution in [3.8, 4) is 0 Å².